The molecule has 1 saturated heterocycles. The second-order valence-corrected chi connectivity index (χ2v) is 4.71. The Morgan fingerprint density at radius 2 is 2.07 bits per heavy atom. The molecule has 0 radical (unpaired) electrons. The number of carbonyl (C=O) groups is 1. The van der Waals surface area contributed by atoms with Crippen molar-refractivity contribution in [3.63, 3.8) is 0 Å². The quantitative estimate of drug-likeness (QED) is 0.358. The van der Waals surface area contributed by atoms with Crippen LogP contribution in [0.2, 0.25) is 0 Å². The van der Waals surface area contributed by atoms with Crippen molar-refractivity contribution in [2.45, 2.75) is 35.3 Å². The molecule has 0 saturated carbocycles. The van der Waals surface area contributed by atoms with Crippen LogP contribution in [0.5, 0.6) is 0 Å². The largest absolute Gasteiger partial charge is 0.394 e. The number of alkyl halides is 1. The molecule has 88 valence electrons. The molecule has 0 spiro atoms. The summed E-state index contributed by atoms with van der Waals surface area (Å²) >= 11 is 2.92. The molecule has 15 heavy (non-hydrogen) atoms. The Hall–Kier alpha value is -0.0500. The lowest BCUT2D eigenvalue weighted by Gasteiger charge is -2.44. The average Bonchev–Trinajstić information content (AvgIpc) is 2.20. The number of aliphatic hydroxyl groups excluding tert-OH is 4. The van der Waals surface area contributed by atoms with Crippen molar-refractivity contribution < 1.29 is 31.3 Å². The van der Waals surface area contributed by atoms with E-state index in [1.165, 1.54) is 0 Å². The molecule has 1 fully saturated rings. The van der Waals surface area contributed by atoms with E-state index in [4.69, 9.17) is 11.2 Å². The number of aliphatic hydroxyl groups is 4. The molecule has 0 aromatic carbocycles. The van der Waals surface area contributed by atoms with Gasteiger partial charge < -0.3 is 30.0 Å². The van der Waals surface area contributed by atoms with E-state index in [1.807, 2.05) is 0 Å². The number of hydrogen-bond acceptors (Lipinski definition) is 6. The zero-order valence-corrected chi connectivity index (χ0v) is 9.29. The summed E-state index contributed by atoms with van der Waals surface area (Å²) in [5.41, 5.74) is 0. The summed E-state index contributed by atoms with van der Waals surface area (Å²) in [4.78, 5) is 10.7. The average molecular weight is 286 g/mol. The molecule has 1 rings (SSSR count). The molecule has 1 unspecified atom stereocenters. The Balaban J connectivity index is 2.89. The number of ether oxygens (including phenoxy) is 1. The van der Waals surface area contributed by atoms with Crippen LogP contribution in [0.4, 0.5) is 0 Å². The van der Waals surface area contributed by atoms with Crippen LogP contribution in [0, 0.1) is 0 Å². The van der Waals surface area contributed by atoms with E-state index >= 15 is 0 Å². The first-order valence-electron chi connectivity index (χ1n) is 4.83. The van der Waals surface area contributed by atoms with E-state index in [0.717, 1.165) is 0 Å². The minimum atomic E-state index is -1.65. The normalized spacial score (nSPS) is 47.4. The van der Waals surface area contributed by atoms with Gasteiger partial charge in [0.1, 0.15) is 32.0 Å². The maximum Gasteiger partial charge on any atom is 0.158 e. The third kappa shape index (κ3) is 2.38. The summed E-state index contributed by atoms with van der Waals surface area (Å²) in [5.74, 6) is 0. The van der Waals surface area contributed by atoms with E-state index in [-0.39, 0.29) is 0 Å². The maximum atomic E-state index is 10.7. The second-order valence-electron chi connectivity index (χ2n) is 3.37. The standard InChI is InChI=1S/C8H13BrO6/c9-8(1-2-10)7(14)6(13)5(12)4(3-11)15-8/h2,4-7,11-14H,1,3H2/t4-,5-,6+,7-,8?/m1/s1/i2D. The van der Waals surface area contributed by atoms with Crippen LogP contribution in [0.1, 0.15) is 7.79 Å². The monoisotopic (exact) mass is 285 g/mol. The minimum absolute atomic E-state index is 0.506. The van der Waals surface area contributed by atoms with Gasteiger partial charge in [0, 0.05) is 6.42 Å². The summed E-state index contributed by atoms with van der Waals surface area (Å²) in [6.07, 6.45) is -7.22. The Morgan fingerprint density at radius 3 is 2.53 bits per heavy atom. The van der Waals surface area contributed by atoms with Gasteiger partial charge in [-0.25, -0.2) is 0 Å². The van der Waals surface area contributed by atoms with Crippen LogP contribution < -0.4 is 0 Å². The van der Waals surface area contributed by atoms with E-state index in [9.17, 15) is 20.1 Å². The first kappa shape index (κ1) is 11.4. The molecule has 0 bridgehead atoms. The number of rotatable bonds is 3. The molecule has 1 aliphatic heterocycles. The lowest BCUT2D eigenvalue weighted by Crippen LogP contribution is -2.62. The summed E-state index contributed by atoms with van der Waals surface area (Å²) in [7, 11) is 0. The Morgan fingerprint density at radius 1 is 1.47 bits per heavy atom. The number of halogens is 1. The van der Waals surface area contributed by atoms with Gasteiger partial charge >= 0.3 is 0 Å². The lowest BCUT2D eigenvalue weighted by atomic mass is 9.94. The zero-order chi connectivity index (χ0) is 12.5. The van der Waals surface area contributed by atoms with Crippen LogP contribution in [0.3, 0.4) is 0 Å². The van der Waals surface area contributed by atoms with Crippen LogP contribution in [0.15, 0.2) is 0 Å². The Kier molecular flexibility index (Phi) is 3.70. The number of carbonyl (C=O) groups excluding carboxylic acids is 1. The molecule has 6 nitrogen and oxygen atoms in total. The maximum absolute atomic E-state index is 10.7. The van der Waals surface area contributed by atoms with Crippen LogP contribution >= 0.6 is 15.9 Å². The van der Waals surface area contributed by atoms with Crippen LogP contribution in [-0.4, -0.2) is 62.2 Å². The summed E-state index contributed by atoms with van der Waals surface area (Å²) in [6, 6.07) is 0. The van der Waals surface area contributed by atoms with Crippen LogP contribution in [-0.2, 0) is 9.53 Å². The highest BCUT2D eigenvalue weighted by Crippen LogP contribution is 2.37. The fraction of sp³-hybridized carbons (Fsp3) is 0.875. The van der Waals surface area contributed by atoms with Crippen molar-refractivity contribution in [1.82, 2.24) is 0 Å². The van der Waals surface area contributed by atoms with Gasteiger partial charge in [0.15, 0.2) is 4.51 Å². The van der Waals surface area contributed by atoms with Gasteiger partial charge in [-0.3, -0.25) is 0 Å². The van der Waals surface area contributed by atoms with Gasteiger partial charge in [-0.15, -0.1) is 0 Å². The predicted molar refractivity (Wildman–Crippen MR) is 52.3 cm³/mol. The van der Waals surface area contributed by atoms with Crippen LogP contribution in [0.25, 0.3) is 0 Å². The highest BCUT2D eigenvalue weighted by Gasteiger charge is 2.51. The zero-order valence-electron chi connectivity index (χ0n) is 8.71. The molecular weight excluding hydrogens is 272 g/mol. The van der Waals surface area contributed by atoms with Crippen molar-refractivity contribution in [2.75, 3.05) is 6.61 Å². The summed E-state index contributed by atoms with van der Waals surface area (Å²) in [6.45, 7) is -0.579. The molecule has 0 aromatic heterocycles. The highest BCUT2D eigenvalue weighted by molar-refractivity contribution is 9.10. The van der Waals surface area contributed by atoms with Crippen molar-refractivity contribution >= 4 is 22.2 Å². The third-order valence-electron chi connectivity index (χ3n) is 2.34. The fourth-order valence-electron chi connectivity index (χ4n) is 1.44. The van der Waals surface area contributed by atoms with Gasteiger partial charge in [0.05, 0.1) is 6.61 Å². The van der Waals surface area contributed by atoms with E-state index in [1.54, 1.807) is 0 Å². The molecule has 0 aromatic rings. The molecule has 0 aliphatic carbocycles. The summed E-state index contributed by atoms with van der Waals surface area (Å²) in [5, 5.41) is 37.5. The van der Waals surface area contributed by atoms with Crippen molar-refractivity contribution in [1.29, 1.82) is 0 Å². The smallest absolute Gasteiger partial charge is 0.158 e. The topological polar surface area (TPSA) is 107 Å². The number of aldehydes is 1. The highest BCUT2D eigenvalue weighted by atomic mass is 79.9. The van der Waals surface area contributed by atoms with Gasteiger partial charge in [0.2, 0.25) is 0 Å². The van der Waals surface area contributed by atoms with E-state index < -0.39 is 48.2 Å². The van der Waals surface area contributed by atoms with Crippen molar-refractivity contribution in [3.05, 3.63) is 0 Å². The summed E-state index contributed by atoms with van der Waals surface area (Å²) < 4.78 is 10.2. The molecular formula is C8H13BrO6. The van der Waals surface area contributed by atoms with Gasteiger partial charge in [-0.2, -0.15) is 0 Å². The first-order valence-corrected chi connectivity index (χ1v) is 5.12. The molecule has 5 atom stereocenters. The van der Waals surface area contributed by atoms with Gasteiger partial charge in [0.25, 0.3) is 0 Å². The molecule has 1 aliphatic rings. The molecule has 7 heteroatoms. The molecule has 1 heterocycles. The first-order chi connectivity index (χ1) is 7.31. The van der Waals surface area contributed by atoms with Gasteiger partial charge in [-0.05, 0) is 0 Å². The van der Waals surface area contributed by atoms with Crippen molar-refractivity contribution in [2.24, 2.45) is 0 Å². The van der Waals surface area contributed by atoms with Gasteiger partial charge in [-0.1, -0.05) is 15.9 Å². The van der Waals surface area contributed by atoms with Crippen molar-refractivity contribution in [3.8, 4) is 0 Å². The fourth-order valence-corrected chi connectivity index (χ4v) is 2.07. The Bertz CT molecular complexity index is 275. The minimum Gasteiger partial charge on any atom is -0.394 e. The Labute approximate surface area is 96.0 Å². The SMILES string of the molecule is [2H]C(=O)CC1(Br)O[C@H](CO)[C@@H](O)[C@H](O)[C@H]1O. The lowest BCUT2D eigenvalue weighted by molar-refractivity contribution is -0.239. The third-order valence-corrected chi connectivity index (χ3v) is 3.27. The van der Waals surface area contributed by atoms with E-state index in [2.05, 4.69) is 15.9 Å². The predicted octanol–water partition coefficient (Wildman–Crippen LogP) is -1.86. The van der Waals surface area contributed by atoms with E-state index in [0.29, 0.717) is 0 Å². The number of hydrogen-bond donors (Lipinski definition) is 4. The molecule has 0 amide bonds. The molecule has 4 N–H and O–H groups in total. The second kappa shape index (κ2) is 4.86.